The van der Waals surface area contributed by atoms with Gasteiger partial charge in [0.2, 0.25) is 0 Å². The fourth-order valence-electron chi connectivity index (χ4n) is 3.09. The average Bonchev–Trinajstić information content (AvgIpc) is 2.62. The number of piperidine rings is 1. The lowest BCUT2D eigenvalue weighted by Crippen LogP contribution is -2.36. The van der Waals surface area contributed by atoms with Crippen LogP contribution in [0.25, 0.3) is 22.3 Å². The molecule has 4 heteroatoms. The highest BCUT2D eigenvalue weighted by molar-refractivity contribution is 5.91. The number of anilines is 1. The third-order valence-electron chi connectivity index (χ3n) is 4.38. The molecule has 0 saturated carbocycles. The van der Waals surface area contributed by atoms with E-state index >= 15 is 0 Å². The number of hydrogen-bond acceptors (Lipinski definition) is 4. The van der Waals surface area contributed by atoms with E-state index in [4.69, 9.17) is 9.97 Å². The van der Waals surface area contributed by atoms with Crippen LogP contribution in [-0.4, -0.2) is 34.3 Å². The lowest BCUT2D eigenvalue weighted by Gasteiger charge is -2.31. The molecule has 116 valence electrons. The summed E-state index contributed by atoms with van der Waals surface area (Å²) in [5.41, 5.74) is 1.99. The first-order valence-electron chi connectivity index (χ1n) is 8.06. The van der Waals surface area contributed by atoms with Crippen LogP contribution >= 0.6 is 0 Å². The number of para-hydroxylation sites is 1. The fourth-order valence-corrected chi connectivity index (χ4v) is 3.09. The minimum atomic E-state index is -0.187. The molecule has 0 atom stereocenters. The molecule has 1 saturated heterocycles. The summed E-state index contributed by atoms with van der Waals surface area (Å²) in [6, 6.07) is 18.2. The average molecular weight is 305 g/mol. The van der Waals surface area contributed by atoms with Crippen LogP contribution in [0, 0.1) is 0 Å². The molecular weight excluding hydrogens is 286 g/mol. The van der Waals surface area contributed by atoms with Crippen LogP contribution in [-0.2, 0) is 0 Å². The summed E-state index contributed by atoms with van der Waals surface area (Å²) in [5.74, 6) is 1.73. The standard InChI is InChI=1S/C19H19N3O/c23-15-10-12-22(13-11-15)19-16-8-4-5-9-17(16)20-18(21-19)14-6-2-1-3-7-14/h1-9,15,23H,10-13H2. The Morgan fingerprint density at radius 1 is 0.870 bits per heavy atom. The highest BCUT2D eigenvalue weighted by atomic mass is 16.3. The number of fused-ring (bicyclic) bond motifs is 1. The summed E-state index contributed by atoms with van der Waals surface area (Å²) in [7, 11) is 0. The van der Waals surface area contributed by atoms with E-state index < -0.39 is 0 Å². The summed E-state index contributed by atoms with van der Waals surface area (Å²) < 4.78 is 0. The van der Waals surface area contributed by atoms with Crippen LogP contribution < -0.4 is 4.90 Å². The van der Waals surface area contributed by atoms with Gasteiger partial charge in [0.25, 0.3) is 0 Å². The van der Waals surface area contributed by atoms with E-state index in [1.807, 2.05) is 48.5 Å². The molecule has 1 aromatic heterocycles. The molecule has 0 unspecified atom stereocenters. The van der Waals surface area contributed by atoms with Crippen LogP contribution in [0.1, 0.15) is 12.8 Å². The molecule has 4 nitrogen and oxygen atoms in total. The van der Waals surface area contributed by atoms with Crippen LogP contribution in [0.4, 0.5) is 5.82 Å². The van der Waals surface area contributed by atoms with Crippen molar-refractivity contribution < 1.29 is 5.11 Å². The van der Waals surface area contributed by atoms with Gasteiger partial charge in [-0.25, -0.2) is 9.97 Å². The van der Waals surface area contributed by atoms with Crippen molar-refractivity contribution in [2.75, 3.05) is 18.0 Å². The van der Waals surface area contributed by atoms with Crippen molar-refractivity contribution in [3.05, 3.63) is 54.6 Å². The molecule has 2 heterocycles. The van der Waals surface area contributed by atoms with E-state index in [1.54, 1.807) is 0 Å². The Balaban J connectivity index is 1.84. The normalized spacial score (nSPS) is 16.0. The van der Waals surface area contributed by atoms with Crippen molar-refractivity contribution in [3.8, 4) is 11.4 Å². The molecule has 4 rings (SSSR count). The van der Waals surface area contributed by atoms with E-state index in [1.165, 1.54) is 0 Å². The van der Waals surface area contributed by atoms with Gasteiger partial charge in [0.05, 0.1) is 11.6 Å². The van der Waals surface area contributed by atoms with Gasteiger partial charge in [0, 0.05) is 24.0 Å². The van der Waals surface area contributed by atoms with Gasteiger partial charge >= 0.3 is 0 Å². The SMILES string of the molecule is OC1CCN(c2nc(-c3ccccc3)nc3ccccc23)CC1. The van der Waals surface area contributed by atoms with E-state index in [9.17, 15) is 5.11 Å². The van der Waals surface area contributed by atoms with Gasteiger partial charge < -0.3 is 10.0 Å². The minimum Gasteiger partial charge on any atom is -0.393 e. The lowest BCUT2D eigenvalue weighted by atomic mass is 10.1. The first kappa shape index (κ1) is 14.2. The van der Waals surface area contributed by atoms with Crippen molar-refractivity contribution in [1.82, 2.24) is 9.97 Å². The molecule has 0 radical (unpaired) electrons. The Morgan fingerprint density at radius 2 is 1.57 bits per heavy atom. The minimum absolute atomic E-state index is 0.187. The summed E-state index contributed by atoms with van der Waals surface area (Å²) in [5, 5.41) is 10.8. The molecule has 1 N–H and O–H groups in total. The Morgan fingerprint density at radius 3 is 2.35 bits per heavy atom. The van der Waals surface area contributed by atoms with Crippen molar-refractivity contribution in [2.24, 2.45) is 0 Å². The number of hydrogen-bond donors (Lipinski definition) is 1. The molecule has 1 aliphatic rings. The van der Waals surface area contributed by atoms with Gasteiger partial charge in [-0.1, -0.05) is 42.5 Å². The zero-order chi connectivity index (χ0) is 15.6. The zero-order valence-electron chi connectivity index (χ0n) is 12.9. The van der Waals surface area contributed by atoms with Crippen LogP contribution in [0.2, 0.25) is 0 Å². The first-order chi connectivity index (χ1) is 11.3. The van der Waals surface area contributed by atoms with Crippen molar-refractivity contribution >= 4 is 16.7 Å². The molecule has 2 aromatic carbocycles. The van der Waals surface area contributed by atoms with E-state index in [0.29, 0.717) is 0 Å². The number of aliphatic hydroxyl groups excluding tert-OH is 1. The van der Waals surface area contributed by atoms with E-state index in [-0.39, 0.29) is 6.10 Å². The number of aliphatic hydroxyl groups is 1. The molecule has 0 bridgehead atoms. The third-order valence-corrected chi connectivity index (χ3v) is 4.38. The van der Waals surface area contributed by atoms with Gasteiger partial charge in [-0.3, -0.25) is 0 Å². The first-order valence-corrected chi connectivity index (χ1v) is 8.06. The molecule has 23 heavy (non-hydrogen) atoms. The van der Waals surface area contributed by atoms with Gasteiger partial charge in [-0.15, -0.1) is 0 Å². The number of nitrogens with zero attached hydrogens (tertiary/aromatic N) is 3. The molecular formula is C19H19N3O. The molecule has 3 aromatic rings. The Hall–Kier alpha value is -2.46. The summed E-state index contributed by atoms with van der Waals surface area (Å²) in [6.45, 7) is 1.66. The molecule has 1 fully saturated rings. The number of rotatable bonds is 2. The summed E-state index contributed by atoms with van der Waals surface area (Å²) in [4.78, 5) is 11.8. The van der Waals surface area contributed by atoms with Gasteiger partial charge in [-0.05, 0) is 25.0 Å². The maximum absolute atomic E-state index is 9.76. The Kier molecular flexibility index (Phi) is 3.67. The van der Waals surface area contributed by atoms with Crippen molar-refractivity contribution in [3.63, 3.8) is 0 Å². The smallest absolute Gasteiger partial charge is 0.162 e. The highest BCUT2D eigenvalue weighted by Gasteiger charge is 2.21. The highest BCUT2D eigenvalue weighted by Crippen LogP contribution is 2.29. The topological polar surface area (TPSA) is 49.2 Å². The zero-order valence-corrected chi connectivity index (χ0v) is 12.9. The number of aromatic nitrogens is 2. The van der Waals surface area contributed by atoms with Crippen molar-refractivity contribution in [1.29, 1.82) is 0 Å². The largest absolute Gasteiger partial charge is 0.393 e. The Labute approximate surface area is 135 Å². The summed E-state index contributed by atoms with van der Waals surface area (Å²) >= 11 is 0. The van der Waals surface area contributed by atoms with Crippen LogP contribution in [0.15, 0.2) is 54.6 Å². The van der Waals surface area contributed by atoms with Gasteiger partial charge in [-0.2, -0.15) is 0 Å². The maximum atomic E-state index is 9.76. The van der Waals surface area contributed by atoms with Crippen LogP contribution in [0.3, 0.4) is 0 Å². The second-order valence-corrected chi connectivity index (χ2v) is 5.97. The van der Waals surface area contributed by atoms with E-state index in [0.717, 1.165) is 54.0 Å². The second-order valence-electron chi connectivity index (χ2n) is 5.97. The molecule has 0 aliphatic carbocycles. The fraction of sp³-hybridized carbons (Fsp3) is 0.263. The lowest BCUT2D eigenvalue weighted by molar-refractivity contribution is 0.145. The Bertz CT molecular complexity index is 811. The quantitative estimate of drug-likeness (QED) is 0.789. The molecule has 0 amide bonds. The monoisotopic (exact) mass is 305 g/mol. The number of benzene rings is 2. The van der Waals surface area contributed by atoms with Gasteiger partial charge in [0.15, 0.2) is 5.82 Å². The predicted octanol–water partition coefficient (Wildman–Crippen LogP) is 3.26. The maximum Gasteiger partial charge on any atom is 0.162 e. The van der Waals surface area contributed by atoms with Crippen LogP contribution in [0.5, 0.6) is 0 Å². The summed E-state index contributed by atoms with van der Waals surface area (Å²) in [6.07, 6.45) is 1.39. The van der Waals surface area contributed by atoms with Crippen molar-refractivity contribution in [2.45, 2.75) is 18.9 Å². The molecule has 1 aliphatic heterocycles. The molecule has 0 spiro atoms. The second kappa shape index (κ2) is 5.97. The predicted molar refractivity (Wildman–Crippen MR) is 92.4 cm³/mol. The third kappa shape index (κ3) is 2.78. The van der Waals surface area contributed by atoms with E-state index in [2.05, 4.69) is 11.0 Å². The van der Waals surface area contributed by atoms with Gasteiger partial charge in [0.1, 0.15) is 5.82 Å².